The molecule has 0 amide bonds. The molecule has 0 aliphatic heterocycles. The second-order valence-electron chi connectivity index (χ2n) is 4.09. The molecule has 0 atom stereocenters. The average Bonchev–Trinajstić information content (AvgIpc) is 2.91. The largest absolute Gasteiger partial charge is 0.349 e. The summed E-state index contributed by atoms with van der Waals surface area (Å²) in [5.41, 5.74) is 3.86. The van der Waals surface area contributed by atoms with Gasteiger partial charge in [0, 0.05) is 24.3 Å². The molecule has 1 aromatic carbocycles. The molecule has 20 heavy (non-hydrogen) atoms. The Morgan fingerprint density at radius 1 is 1.30 bits per heavy atom. The molecule has 0 spiro atoms. The fourth-order valence-corrected chi connectivity index (χ4v) is 2.71. The number of nitrogens with zero attached hydrogens (tertiary/aromatic N) is 3. The topological polar surface area (TPSA) is 40.5 Å². The van der Waals surface area contributed by atoms with Gasteiger partial charge in [0.25, 0.3) is 0 Å². The van der Waals surface area contributed by atoms with Gasteiger partial charge in [0.2, 0.25) is 0 Å². The monoisotopic (exact) mass is 308 g/mol. The number of hydrazone groups is 1. The molecule has 0 bridgehead atoms. The summed E-state index contributed by atoms with van der Waals surface area (Å²) in [6.45, 7) is 6.18. The zero-order chi connectivity index (χ0) is 14.4. The predicted molar refractivity (Wildman–Crippen MR) is 88.3 cm³/mol. The van der Waals surface area contributed by atoms with Gasteiger partial charge in [0.15, 0.2) is 5.13 Å². The second kappa shape index (κ2) is 7.26. The number of halogens is 1. The van der Waals surface area contributed by atoms with Crippen molar-refractivity contribution in [3.63, 3.8) is 0 Å². The van der Waals surface area contributed by atoms with Crippen molar-refractivity contribution in [2.75, 3.05) is 23.4 Å². The number of hydrogen-bond donors (Lipinski definition) is 1. The van der Waals surface area contributed by atoms with Crippen LogP contribution in [0, 0.1) is 0 Å². The highest BCUT2D eigenvalue weighted by atomic mass is 35.5. The van der Waals surface area contributed by atoms with Crippen LogP contribution in [-0.2, 0) is 0 Å². The summed E-state index contributed by atoms with van der Waals surface area (Å²) in [5.74, 6) is 0. The first-order valence-electron chi connectivity index (χ1n) is 6.48. The lowest BCUT2D eigenvalue weighted by atomic mass is 10.3. The molecule has 1 N–H and O–H groups in total. The van der Waals surface area contributed by atoms with Crippen LogP contribution in [0.1, 0.15) is 18.7 Å². The molecule has 1 heterocycles. The average molecular weight is 309 g/mol. The molecule has 0 radical (unpaired) electrons. The molecule has 2 aromatic rings. The van der Waals surface area contributed by atoms with Gasteiger partial charge in [-0.1, -0.05) is 22.9 Å². The second-order valence-corrected chi connectivity index (χ2v) is 5.57. The summed E-state index contributed by atoms with van der Waals surface area (Å²) < 4.78 is 0. The Labute approximate surface area is 128 Å². The SMILES string of the molecule is CCN(CC)c1ncc(/C=N\Nc2ccc(Cl)cc2)s1. The van der Waals surface area contributed by atoms with Crippen molar-refractivity contribution in [2.45, 2.75) is 13.8 Å². The molecular formula is C14H17ClN4S. The number of rotatable bonds is 6. The molecule has 0 unspecified atom stereocenters. The number of nitrogens with one attached hydrogen (secondary N) is 1. The van der Waals surface area contributed by atoms with E-state index in [2.05, 4.69) is 34.3 Å². The Bertz CT molecular complexity index is 561. The van der Waals surface area contributed by atoms with Crippen molar-refractivity contribution < 1.29 is 0 Å². The van der Waals surface area contributed by atoms with Crippen LogP contribution in [0.5, 0.6) is 0 Å². The highest BCUT2D eigenvalue weighted by molar-refractivity contribution is 7.17. The number of aromatic nitrogens is 1. The summed E-state index contributed by atoms with van der Waals surface area (Å²) in [5, 5.41) is 5.94. The predicted octanol–water partition coefficient (Wildman–Crippen LogP) is 4.09. The van der Waals surface area contributed by atoms with E-state index in [-0.39, 0.29) is 0 Å². The third-order valence-electron chi connectivity index (χ3n) is 2.77. The van der Waals surface area contributed by atoms with Crippen LogP contribution in [0.2, 0.25) is 5.02 Å². The van der Waals surface area contributed by atoms with E-state index < -0.39 is 0 Å². The number of anilines is 2. The van der Waals surface area contributed by atoms with Crippen molar-refractivity contribution >= 4 is 40.0 Å². The maximum Gasteiger partial charge on any atom is 0.185 e. The minimum absolute atomic E-state index is 0.714. The maximum absolute atomic E-state index is 5.82. The van der Waals surface area contributed by atoms with Crippen molar-refractivity contribution in [2.24, 2.45) is 5.10 Å². The van der Waals surface area contributed by atoms with E-state index in [1.165, 1.54) is 0 Å². The zero-order valence-electron chi connectivity index (χ0n) is 11.5. The van der Waals surface area contributed by atoms with E-state index in [1.807, 2.05) is 30.5 Å². The lowest BCUT2D eigenvalue weighted by Crippen LogP contribution is -2.21. The van der Waals surface area contributed by atoms with Gasteiger partial charge in [-0.2, -0.15) is 5.10 Å². The van der Waals surface area contributed by atoms with Gasteiger partial charge in [-0.25, -0.2) is 4.98 Å². The number of benzene rings is 1. The van der Waals surface area contributed by atoms with Crippen LogP contribution in [-0.4, -0.2) is 24.3 Å². The molecule has 1 aromatic heterocycles. The minimum atomic E-state index is 0.714. The summed E-state index contributed by atoms with van der Waals surface area (Å²) in [4.78, 5) is 7.64. The first kappa shape index (κ1) is 14.8. The molecule has 6 heteroatoms. The summed E-state index contributed by atoms with van der Waals surface area (Å²) in [7, 11) is 0. The first-order chi connectivity index (χ1) is 9.72. The molecular weight excluding hydrogens is 292 g/mol. The number of thiazole rings is 1. The van der Waals surface area contributed by atoms with Gasteiger partial charge < -0.3 is 4.90 Å². The van der Waals surface area contributed by atoms with Gasteiger partial charge in [-0.3, -0.25) is 5.43 Å². The Morgan fingerprint density at radius 3 is 2.65 bits per heavy atom. The number of hydrogen-bond acceptors (Lipinski definition) is 5. The molecule has 106 valence electrons. The third-order valence-corrected chi connectivity index (χ3v) is 4.02. The molecule has 0 aliphatic carbocycles. The lowest BCUT2D eigenvalue weighted by molar-refractivity contribution is 0.860. The van der Waals surface area contributed by atoms with E-state index >= 15 is 0 Å². The molecule has 2 rings (SSSR count). The Balaban J connectivity index is 1.96. The minimum Gasteiger partial charge on any atom is -0.349 e. The van der Waals surface area contributed by atoms with Crippen LogP contribution in [0.3, 0.4) is 0 Å². The third kappa shape index (κ3) is 3.95. The Kier molecular flexibility index (Phi) is 5.38. The Morgan fingerprint density at radius 2 is 2.00 bits per heavy atom. The van der Waals surface area contributed by atoms with Crippen LogP contribution in [0.25, 0.3) is 0 Å². The fourth-order valence-electron chi connectivity index (χ4n) is 1.67. The zero-order valence-corrected chi connectivity index (χ0v) is 13.1. The lowest BCUT2D eigenvalue weighted by Gasteiger charge is -2.16. The quantitative estimate of drug-likeness (QED) is 0.645. The van der Waals surface area contributed by atoms with Crippen molar-refractivity contribution in [3.05, 3.63) is 40.4 Å². The van der Waals surface area contributed by atoms with E-state index in [1.54, 1.807) is 17.6 Å². The summed E-state index contributed by atoms with van der Waals surface area (Å²) >= 11 is 7.46. The van der Waals surface area contributed by atoms with E-state index in [0.29, 0.717) is 5.02 Å². The van der Waals surface area contributed by atoms with Crippen LogP contribution in [0.4, 0.5) is 10.8 Å². The smallest absolute Gasteiger partial charge is 0.185 e. The van der Waals surface area contributed by atoms with Gasteiger partial charge in [0.1, 0.15) is 0 Å². The van der Waals surface area contributed by atoms with Crippen molar-refractivity contribution in [3.8, 4) is 0 Å². The highest BCUT2D eigenvalue weighted by Gasteiger charge is 2.06. The van der Waals surface area contributed by atoms with Gasteiger partial charge >= 0.3 is 0 Å². The first-order valence-corrected chi connectivity index (χ1v) is 7.67. The van der Waals surface area contributed by atoms with Crippen LogP contribution < -0.4 is 10.3 Å². The Hall–Kier alpha value is -1.59. The van der Waals surface area contributed by atoms with E-state index in [0.717, 1.165) is 28.8 Å². The fraction of sp³-hybridized carbons (Fsp3) is 0.286. The van der Waals surface area contributed by atoms with Crippen LogP contribution >= 0.6 is 22.9 Å². The van der Waals surface area contributed by atoms with E-state index in [9.17, 15) is 0 Å². The molecule has 0 fully saturated rings. The maximum atomic E-state index is 5.82. The molecule has 0 aliphatic rings. The summed E-state index contributed by atoms with van der Waals surface area (Å²) in [6.07, 6.45) is 3.62. The molecule has 4 nitrogen and oxygen atoms in total. The highest BCUT2D eigenvalue weighted by Crippen LogP contribution is 2.21. The van der Waals surface area contributed by atoms with Gasteiger partial charge in [-0.15, -0.1) is 0 Å². The molecule has 0 saturated heterocycles. The van der Waals surface area contributed by atoms with Gasteiger partial charge in [-0.05, 0) is 38.1 Å². The van der Waals surface area contributed by atoms with Crippen LogP contribution in [0.15, 0.2) is 35.6 Å². The molecule has 0 saturated carbocycles. The van der Waals surface area contributed by atoms with Crippen molar-refractivity contribution in [1.29, 1.82) is 0 Å². The van der Waals surface area contributed by atoms with Gasteiger partial charge in [0.05, 0.1) is 16.8 Å². The normalized spacial score (nSPS) is 10.9. The van der Waals surface area contributed by atoms with Crippen molar-refractivity contribution in [1.82, 2.24) is 4.98 Å². The van der Waals surface area contributed by atoms with E-state index in [4.69, 9.17) is 11.6 Å². The standard InChI is InChI=1S/C14H17ClN4S/c1-3-19(4-2)14-16-9-13(20-14)10-17-18-12-7-5-11(15)6-8-12/h5-10,18H,3-4H2,1-2H3/b17-10-. The summed E-state index contributed by atoms with van der Waals surface area (Å²) in [6, 6.07) is 7.41.